The van der Waals surface area contributed by atoms with E-state index >= 15 is 0 Å². The molecule has 2 unspecified atom stereocenters. The predicted molar refractivity (Wildman–Crippen MR) is 43.5 cm³/mol. The molecule has 1 saturated heterocycles. The Morgan fingerprint density at radius 2 is 2.36 bits per heavy atom. The highest BCUT2D eigenvalue weighted by molar-refractivity contribution is 4.81. The van der Waals surface area contributed by atoms with Crippen LogP contribution in [-0.2, 0) is 4.74 Å². The molecule has 0 aromatic carbocycles. The summed E-state index contributed by atoms with van der Waals surface area (Å²) < 4.78 is 4.96. The lowest BCUT2D eigenvalue weighted by Gasteiger charge is -2.19. The number of aliphatic hydroxyl groups excluding tert-OH is 1. The van der Waals surface area contributed by atoms with Crippen molar-refractivity contribution in [2.24, 2.45) is 0 Å². The van der Waals surface area contributed by atoms with Gasteiger partial charge in [-0.05, 0) is 13.3 Å². The Balaban J connectivity index is 2.23. The van der Waals surface area contributed by atoms with E-state index in [4.69, 9.17) is 4.74 Å². The van der Waals surface area contributed by atoms with Crippen LogP contribution in [-0.4, -0.2) is 49.0 Å². The number of hydrogen-bond donors (Lipinski definition) is 1. The summed E-state index contributed by atoms with van der Waals surface area (Å²) in [4.78, 5) is 2.26. The molecule has 0 spiro atoms. The van der Waals surface area contributed by atoms with Gasteiger partial charge < -0.3 is 9.84 Å². The summed E-state index contributed by atoms with van der Waals surface area (Å²) in [5.74, 6) is 0. The average molecular weight is 159 g/mol. The van der Waals surface area contributed by atoms with Crippen molar-refractivity contribution in [2.45, 2.75) is 25.5 Å². The number of β-amino-alcohol motifs (C(OH)–C–C–N with tert-alkyl or cyclic N) is 1. The molecule has 0 bridgehead atoms. The number of methoxy groups -OCH3 is 1. The molecule has 2 atom stereocenters. The SMILES string of the molecule is COCCN1CC(O)CC1C. The lowest BCUT2D eigenvalue weighted by atomic mass is 10.2. The van der Waals surface area contributed by atoms with Crippen molar-refractivity contribution in [3.05, 3.63) is 0 Å². The first-order valence-electron chi connectivity index (χ1n) is 4.15. The first-order valence-corrected chi connectivity index (χ1v) is 4.15. The van der Waals surface area contributed by atoms with Gasteiger partial charge in [0.2, 0.25) is 0 Å². The van der Waals surface area contributed by atoms with Crippen LogP contribution in [0.15, 0.2) is 0 Å². The van der Waals surface area contributed by atoms with Gasteiger partial charge in [-0.15, -0.1) is 0 Å². The minimum atomic E-state index is -0.123. The number of aliphatic hydroxyl groups is 1. The fourth-order valence-corrected chi connectivity index (χ4v) is 1.59. The van der Waals surface area contributed by atoms with Gasteiger partial charge in [-0.1, -0.05) is 0 Å². The van der Waals surface area contributed by atoms with Crippen LogP contribution in [0.3, 0.4) is 0 Å². The largest absolute Gasteiger partial charge is 0.392 e. The van der Waals surface area contributed by atoms with Crippen molar-refractivity contribution in [1.29, 1.82) is 0 Å². The first-order chi connectivity index (χ1) is 5.24. The number of likely N-dealkylation sites (tertiary alicyclic amines) is 1. The molecule has 1 rings (SSSR count). The van der Waals surface area contributed by atoms with Crippen molar-refractivity contribution < 1.29 is 9.84 Å². The van der Waals surface area contributed by atoms with E-state index in [1.54, 1.807) is 7.11 Å². The summed E-state index contributed by atoms with van der Waals surface area (Å²) in [5, 5.41) is 9.29. The zero-order chi connectivity index (χ0) is 8.27. The summed E-state index contributed by atoms with van der Waals surface area (Å²) in [6.45, 7) is 4.65. The highest BCUT2D eigenvalue weighted by atomic mass is 16.5. The van der Waals surface area contributed by atoms with E-state index in [1.807, 2.05) is 0 Å². The van der Waals surface area contributed by atoms with Gasteiger partial charge in [-0.25, -0.2) is 0 Å². The quantitative estimate of drug-likeness (QED) is 0.633. The number of hydrogen-bond acceptors (Lipinski definition) is 3. The molecule has 0 aromatic heterocycles. The topological polar surface area (TPSA) is 32.7 Å². The summed E-state index contributed by atoms with van der Waals surface area (Å²) in [7, 11) is 1.71. The van der Waals surface area contributed by atoms with Crippen molar-refractivity contribution in [3.63, 3.8) is 0 Å². The summed E-state index contributed by atoms with van der Waals surface area (Å²) in [5.41, 5.74) is 0. The van der Waals surface area contributed by atoms with Gasteiger partial charge in [0.1, 0.15) is 0 Å². The maximum absolute atomic E-state index is 9.29. The van der Waals surface area contributed by atoms with Crippen LogP contribution >= 0.6 is 0 Å². The van der Waals surface area contributed by atoms with Crippen molar-refractivity contribution in [2.75, 3.05) is 26.8 Å². The second kappa shape index (κ2) is 4.04. The molecule has 0 radical (unpaired) electrons. The number of nitrogens with zero attached hydrogens (tertiary/aromatic N) is 1. The molecule has 1 fully saturated rings. The van der Waals surface area contributed by atoms with Crippen molar-refractivity contribution in [3.8, 4) is 0 Å². The Hall–Kier alpha value is -0.120. The molecule has 0 amide bonds. The Morgan fingerprint density at radius 3 is 2.82 bits per heavy atom. The summed E-state index contributed by atoms with van der Waals surface area (Å²) in [6.07, 6.45) is 0.783. The lowest BCUT2D eigenvalue weighted by Crippen LogP contribution is -2.30. The van der Waals surface area contributed by atoms with E-state index in [2.05, 4.69) is 11.8 Å². The van der Waals surface area contributed by atoms with Gasteiger partial charge >= 0.3 is 0 Å². The van der Waals surface area contributed by atoms with Crippen LogP contribution < -0.4 is 0 Å². The van der Waals surface area contributed by atoms with Crippen molar-refractivity contribution in [1.82, 2.24) is 4.90 Å². The highest BCUT2D eigenvalue weighted by Gasteiger charge is 2.26. The minimum absolute atomic E-state index is 0.123. The van der Waals surface area contributed by atoms with Gasteiger partial charge in [0.05, 0.1) is 12.7 Å². The minimum Gasteiger partial charge on any atom is -0.392 e. The molecule has 1 aliphatic rings. The van der Waals surface area contributed by atoms with Crippen LogP contribution in [0, 0.1) is 0 Å². The van der Waals surface area contributed by atoms with E-state index < -0.39 is 0 Å². The monoisotopic (exact) mass is 159 g/mol. The molecule has 0 aromatic rings. The molecule has 1 aliphatic heterocycles. The molecule has 3 nitrogen and oxygen atoms in total. The van der Waals surface area contributed by atoms with E-state index in [1.165, 1.54) is 0 Å². The van der Waals surface area contributed by atoms with Crippen LogP contribution in [0.4, 0.5) is 0 Å². The third-order valence-electron chi connectivity index (χ3n) is 2.26. The summed E-state index contributed by atoms with van der Waals surface area (Å²) >= 11 is 0. The zero-order valence-electron chi connectivity index (χ0n) is 7.29. The van der Waals surface area contributed by atoms with Gasteiger partial charge in [0.25, 0.3) is 0 Å². The van der Waals surface area contributed by atoms with Crippen LogP contribution in [0.1, 0.15) is 13.3 Å². The zero-order valence-corrected chi connectivity index (χ0v) is 7.29. The molecule has 66 valence electrons. The molecular formula is C8H17NO2. The Bertz CT molecular complexity index is 119. The number of rotatable bonds is 3. The Kier molecular flexibility index (Phi) is 3.30. The normalized spacial score (nSPS) is 33.0. The molecule has 1 N–H and O–H groups in total. The maximum atomic E-state index is 9.29. The highest BCUT2D eigenvalue weighted by Crippen LogP contribution is 2.15. The van der Waals surface area contributed by atoms with Crippen LogP contribution in [0.5, 0.6) is 0 Å². The van der Waals surface area contributed by atoms with Crippen molar-refractivity contribution >= 4 is 0 Å². The second-order valence-corrected chi connectivity index (χ2v) is 3.23. The van der Waals surface area contributed by atoms with E-state index in [0.29, 0.717) is 6.04 Å². The first kappa shape index (κ1) is 8.97. The van der Waals surface area contributed by atoms with E-state index in [9.17, 15) is 5.11 Å². The van der Waals surface area contributed by atoms with Crippen LogP contribution in [0.2, 0.25) is 0 Å². The van der Waals surface area contributed by atoms with Crippen LogP contribution in [0.25, 0.3) is 0 Å². The maximum Gasteiger partial charge on any atom is 0.0682 e. The van der Waals surface area contributed by atoms with Gasteiger partial charge in [0, 0.05) is 26.2 Å². The third-order valence-corrected chi connectivity index (χ3v) is 2.26. The van der Waals surface area contributed by atoms with Gasteiger partial charge in [0.15, 0.2) is 0 Å². The summed E-state index contributed by atoms with van der Waals surface area (Å²) in [6, 6.07) is 0.514. The lowest BCUT2D eigenvalue weighted by molar-refractivity contribution is 0.132. The second-order valence-electron chi connectivity index (χ2n) is 3.23. The molecule has 0 saturated carbocycles. The van der Waals surface area contributed by atoms with Gasteiger partial charge in [-0.2, -0.15) is 0 Å². The molecule has 0 aliphatic carbocycles. The predicted octanol–water partition coefficient (Wildman–Crippen LogP) is 0.0879. The standard InChI is InChI=1S/C8H17NO2/c1-7-5-8(10)6-9(7)3-4-11-2/h7-8,10H,3-6H2,1-2H3. The average Bonchev–Trinajstić information content (AvgIpc) is 2.26. The Labute approximate surface area is 68.0 Å². The fourth-order valence-electron chi connectivity index (χ4n) is 1.59. The third kappa shape index (κ3) is 2.43. The van der Waals surface area contributed by atoms with Gasteiger partial charge in [-0.3, -0.25) is 4.90 Å². The molecule has 3 heteroatoms. The molecule has 1 heterocycles. The van der Waals surface area contributed by atoms with E-state index in [-0.39, 0.29) is 6.10 Å². The molecule has 11 heavy (non-hydrogen) atoms. The Morgan fingerprint density at radius 1 is 1.64 bits per heavy atom. The fraction of sp³-hybridized carbons (Fsp3) is 1.00. The smallest absolute Gasteiger partial charge is 0.0682 e. The van der Waals surface area contributed by atoms with E-state index in [0.717, 1.165) is 26.1 Å². The number of ether oxygens (including phenoxy) is 1. The molecular weight excluding hydrogens is 142 g/mol.